The molecule has 1 fully saturated rings. The number of hydrogen-bond donors (Lipinski definition) is 5. The molecule has 0 radical (unpaired) electrons. The largest absolute Gasteiger partial charge is 0.508 e. The lowest BCUT2D eigenvalue weighted by Gasteiger charge is -2.54. The van der Waals surface area contributed by atoms with Gasteiger partial charge in [-0.2, -0.15) is 0 Å². The third-order valence-corrected chi connectivity index (χ3v) is 7.53. The molecule has 1 aromatic rings. The van der Waals surface area contributed by atoms with E-state index in [0.717, 1.165) is 6.92 Å². The predicted molar refractivity (Wildman–Crippen MR) is 129 cm³/mol. The van der Waals surface area contributed by atoms with E-state index in [4.69, 9.17) is 16.0 Å². The molecule has 14 nitrogen and oxygen atoms in total. The number of aliphatic hydroxyl groups excluding tert-OH is 2. The van der Waals surface area contributed by atoms with Crippen molar-refractivity contribution >= 4 is 34.9 Å². The molecular formula is C24H25N5O9. The Morgan fingerprint density at radius 3 is 2.37 bits per heavy atom. The van der Waals surface area contributed by atoms with Gasteiger partial charge in [-0.15, -0.1) is 0 Å². The number of nitrogens with zero attached hydrogens (tertiary/aromatic N) is 4. The maximum absolute atomic E-state index is 14.0. The van der Waals surface area contributed by atoms with Crippen molar-refractivity contribution in [1.29, 1.82) is 0 Å². The van der Waals surface area contributed by atoms with Gasteiger partial charge in [-0.25, -0.2) is 0 Å². The van der Waals surface area contributed by atoms with Crippen LogP contribution in [0.15, 0.2) is 34.2 Å². The monoisotopic (exact) mass is 527 g/mol. The van der Waals surface area contributed by atoms with Gasteiger partial charge in [0.25, 0.3) is 5.91 Å². The fraction of sp³-hybridized carbons (Fsp3) is 0.417. The fourth-order valence-electron chi connectivity index (χ4n) is 6.04. The Morgan fingerprint density at radius 1 is 1.21 bits per heavy atom. The number of ketones is 2. The highest BCUT2D eigenvalue weighted by molar-refractivity contribution is 6.24. The van der Waals surface area contributed by atoms with Crippen molar-refractivity contribution in [3.8, 4) is 5.75 Å². The molecule has 14 heteroatoms. The molecule has 38 heavy (non-hydrogen) atoms. The fourth-order valence-corrected chi connectivity index (χ4v) is 6.04. The van der Waals surface area contributed by atoms with E-state index in [0.29, 0.717) is 5.56 Å². The molecule has 0 saturated heterocycles. The van der Waals surface area contributed by atoms with Crippen molar-refractivity contribution in [1.82, 2.24) is 4.90 Å². The number of esters is 1. The summed E-state index contributed by atoms with van der Waals surface area (Å²) in [6.07, 6.45) is -1.48. The summed E-state index contributed by atoms with van der Waals surface area (Å²) in [5.74, 6) is -10.9. The molecule has 6 atom stereocenters. The molecule has 1 amide bonds. The lowest BCUT2D eigenvalue weighted by molar-refractivity contribution is -0.184. The Balaban J connectivity index is 2.13. The second-order valence-electron chi connectivity index (χ2n) is 9.72. The van der Waals surface area contributed by atoms with Crippen LogP contribution in [0.4, 0.5) is 5.69 Å². The third kappa shape index (κ3) is 3.38. The topological polar surface area (TPSA) is 236 Å². The quantitative estimate of drug-likeness (QED) is 0.122. The molecule has 3 aliphatic rings. The summed E-state index contributed by atoms with van der Waals surface area (Å²) in [4.78, 5) is 55.7. The Bertz CT molecular complexity index is 1420. The molecule has 6 N–H and O–H groups in total. The van der Waals surface area contributed by atoms with E-state index >= 15 is 0 Å². The molecule has 2 unspecified atom stereocenters. The van der Waals surface area contributed by atoms with Crippen molar-refractivity contribution < 1.29 is 44.3 Å². The summed E-state index contributed by atoms with van der Waals surface area (Å²) < 4.78 is 5.59. The minimum Gasteiger partial charge on any atom is -0.508 e. The third-order valence-electron chi connectivity index (χ3n) is 7.53. The van der Waals surface area contributed by atoms with Crippen LogP contribution in [0, 0.1) is 11.8 Å². The summed E-state index contributed by atoms with van der Waals surface area (Å²) in [5, 5.41) is 48.3. The number of Topliss-reactive ketones (excluding diaryl/α,β-unsaturated/α-hetero) is 2. The van der Waals surface area contributed by atoms with E-state index in [9.17, 15) is 39.6 Å². The number of carbonyl (C=O) groups excluding carboxylic acids is 4. The first-order valence-electron chi connectivity index (χ1n) is 11.4. The molecule has 1 aromatic carbocycles. The number of primary amides is 1. The summed E-state index contributed by atoms with van der Waals surface area (Å²) in [5.41, 5.74) is 9.35. The van der Waals surface area contributed by atoms with Crippen molar-refractivity contribution in [3.63, 3.8) is 0 Å². The van der Waals surface area contributed by atoms with Crippen LogP contribution in [0.5, 0.6) is 5.75 Å². The van der Waals surface area contributed by atoms with Crippen LogP contribution in [0.3, 0.4) is 0 Å². The first-order valence-corrected chi connectivity index (χ1v) is 11.4. The molecular weight excluding hydrogens is 502 g/mol. The number of fused-ring (bicyclic) bond motifs is 3. The molecule has 3 aliphatic carbocycles. The van der Waals surface area contributed by atoms with Gasteiger partial charge in [-0.3, -0.25) is 24.1 Å². The molecule has 0 spiro atoms. The number of rotatable bonds is 4. The van der Waals surface area contributed by atoms with E-state index in [-0.39, 0.29) is 11.3 Å². The van der Waals surface area contributed by atoms with Crippen molar-refractivity contribution in [2.45, 2.75) is 37.5 Å². The maximum Gasteiger partial charge on any atom is 0.302 e. The average Bonchev–Trinajstić information content (AvgIpc) is 2.81. The van der Waals surface area contributed by atoms with E-state index in [1.807, 2.05) is 0 Å². The van der Waals surface area contributed by atoms with E-state index in [1.54, 1.807) is 6.92 Å². The molecule has 0 heterocycles. The summed E-state index contributed by atoms with van der Waals surface area (Å²) in [6.45, 7) is 2.68. The number of azide groups is 1. The van der Waals surface area contributed by atoms with Gasteiger partial charge < -0.3 is 30.9 Å². The lowest BCUT2D eigenvalue weighted by atomic mass is 9.54. The number of benzene rings is 1. The standard InChI is InChI=1S/C24H25N5O9/c1-7-9-5-6-10(27-28-26)17(31)12(9)18(32)13-11(7)20(38-8(2)30)15-16(29(3)4)19(33)14(23(25)36)22(35)24(15,37)21(13)34/h5-7,11,15-16,20,31-32,35,37H,1-4H3,(H2,25,36)/t7-,11?,15?,16-,20-,24-/m0/s1. The smallest absolute Gasteiger partial charge is 0.302 e. The van der Waals surface area contributed by atoms with Crippen LogP contribution in [0.2, 0.25) is 0 Å². The Hall–Kier alpha value is -4.39. The van der Waals surface area contributed by atoms with Crippen molar-refractivity contribution in [3.05, 3.63) is 50.6 Å². The zero-order chi connectivity index (χ0) is 28.4. The van der Waals surface area contributed by atoms with Gasteiger partial charge in [0, 0.05) is 23.3 Å². The zero-order valence-electron chi connectivity index (χ0n) is 20.7. The summed E-state index contributed by atoms with van der Waals surface area (Å²) >= 11 is 0. The normalized spacial score (nSPS) is 30.3. The number of aliphatic hydroxyl groups is 3. The number of hydrogen-bond acceptors (Lipinski definition) is 11. The lowest BCUT2D eigenvalue weighted by Crippen LogP contribution is -2.71. The van der Waals surface area contributed by atoms with Crippen LogP contribution in [0.25, 0.3) is 16.2 Å². The second kappa shape index (κ2) is 8.87. The number of phenolic OH excluding ortho intramolecular Hbond substituents is 1. The number of ether oxygens (including phenoxy) is 1. The minimum absolute atomic E-state index is 0.255. The Kier molecular flexibility index (Phi) is 6.22. The highest BCUT2D eigenvalue weighted by Crippen LogP contribution is 2.57. The van der Waals surface area contributed by atoms with Gasteiger partial charge in [0.05, 0.1) is 23.2 Å². The molecule has 0 aliphatic heterocycles. The van der Waals surface area contributed by atoms with Gasteiger partial charge in [0.2, 0.25) is 5.78 Å². The first kappa shape index (κ1) is 26.7. The highest BCUT2D eigenvalue weighted by atomic mass is 16.5. The minimum atomic E-state index is -3.03. The van der Waals surface area contributed by atoms with Crippen LogP contribution in [-0.2, 0) is 23.9 Å². The van der Waals surface area contributed by atoms with E-state index in [2.05, 4.69) is 10.0 Å². The zero-order valence-corrected chi connectivity index (χ0v) is 20.7. The average molecular weight is 527 g/mol. The molecule has 200 valence electrons. The highest BCUT2D eigenvalue weighted by Gasteiger charge is 2.69. The van der Waals surface area contributed by atoms with E-state index < -0.39 is 87.4 Å². The molecule has 0 aromatic heterocycles. The maximum atomic E-state index is 14.0. The summed E-state index contributed by atoms with van der Waals surface area (Å²) in [7, 11) is 2.86. The van der Waals surface area contributed by atoms with Crippen LogP contribution in [0.1, 0.15) is 30.9 Å². The van der Waals surface area contributed by atoms with Gasteiger partial charge in [0.1, 0.15) is 28.9 Å². The Labute approximate surface area is 215 Å². The van der Waals surface area contributed by atoms with Crippen LogP contribution in [-0.4, -0.2) is 80.6 Å². The van der Waals surface area contributed by atoms with Gasteiger partial charge in [0.15, 0.2) is 11.4 Å². The van der Waals surface area contributed by atoms with Crippen molar-refractivity contribution in [2.75, 3.05) is 14.1 Å². The van der Waals surface area contributed by atoms with Gasteiger partial charge in [-0.1, -0.05) is 18.1 Å². The Morgan fingerprint density at radius 2 is 1.84 bits per heavy atom. The van der Waals surface area contributed by atoms with Gasteiger partial charge in [-0.05, 0) is 37.2 Å². The first-order chi connectivity index (χ1) is 17.7. The van der Waals surface area contributed by atoms with Crippen molar-refractivity contribution in [2.24, 2.45) is 22.7 Å². The van der Waals surface area contributed by atoms with Crippen LogP contribution < -0.4 is 5.73 Å². The number of aromatic hydroxyl groups is 1. The number of phenols is 1. The number of likely N-dealkylation sites (N-methyl/N-ethyl adjacent to an activating group) is 1. The second-order valence-corrected chi connectivity index (χ2v) is 9.72. The number of carbonyl (C=O) groups is 4. The summed E-state index contributed by atoms with van der Waals surface area (Å²) in [6, 6.07) is 1.29. The number of nitrogens with two attached hydrogens (primary N) is 1. The number of amides is 1. The predicted octanol–water partition coefficient (Wildman–Crippen LogP) is 1.01. The van der Waals surface area contributed by atoms with Crippen LogP contribution >= 0.6 is 0 Å². The van der Waals surface area contributed by atoms with Gasteiger partial charge >= 0.3 is 5.97 Å². The SMILES string of the molecule is CC(=O)O[C@H]1C2C(=C(O)c3c(ccc(N=[N+]=[N-])c3O)[C@@H]2C)C(=O)[C@]2(O)C(O)=C(C(N)=O)C(=O)[C@@H](N(C)C)C12. The van der Waals surface area contributed by atoms with E-state index in [1.165, 1.54) is 31.1 Å². The molecule has 0 bridgehead atoms. The molecule has 4 rings (SSSR count). The molecule has 1 saturated carbocycles.